The average Bonchev–Trinajstić information content (AvgIpc) is 2.81. The molecule has 2 atom stereocenters. The Balaban J connectivity index is 4.42. The van der Waals surface area contributed by atoms with Crippen molar-refractivity contribution in [2.45, 2.75) is 110 Å². The van der Waals surface area contributed by atoms with Crippen LogP contribution in [0, 0.1) is 0 Å². The van der Waals surface area contributed by atoms with Crippen molar-refractivity contribution in [2.75, 3.05) is 26.2 Å². The highest BCUT2D eigenvalue weighted by Crippen LogP contribution is 2.07. The molecule has 0 spiro atoms. The Kier molecular flexibility index (Phi) is 21.0. The van der Waals surface area contributed by atoms with Gasteiger partial charge in [-0.05, 0) is 58.1 Å². The van der Waals surface area contributed by atoms with Crippen LogP contribution in [-0.2, 0) is 9.59 Å². The highest BCUT2D eigenvalue weighted by Gasteiger charge is 2.20. The van der Waals surface area contributed by atoms with E-state index < -0.39 is 0 Å². The van der Waals surface area contributed by atoms with Crippen LogP contribution in [0.5, 0.6) is 0 Å². The molecule has 0 heterocycles. The first-order chi connectivity index (χ1) is 16.0. The van der Waals surface area contributed by atoms with Crippen molar-refractivity contribution in [1.29, 1.82) is 0 Å². The van der Waals surface area contributed by atoms with Gasteiger partial charge in [0.1, 0.15) is 0 Å². The number of nitrogens with zero attached hydrogens (tertiary/aromatic N) is 1. The van der Waals surface area contributed by atoms with Crippen LogP contribution in [0.1, 0.15) is 98.3 Å². The number of rotatable bonds is 21. The lowest BCUT2D eigenvalue weighted by atomic mass is 10.1. The number of carbonyl (C=O) groups is 2. The van der Waals surface area contributed by atoms with Gasteiger partial charge in [0.25, 0.3) is 0 Å². The van der Waals surface area contributed by atoms with Crippen LogP contribution in [0.2, 0.25) is 0 Å². The molecule has 0 rings (SSSR count). The maximum absolute atomic E-state index is 12.1. The topological polar surface area (TPSA) is 81.7 Å². The average molecular weight is 466 g/mol. The number of aliphatic hydroxyl groups excluding tert-OH is 1. The minimum atomic E-state index is -0.0653. The van der Waals surface area contributed by atoms with Crippen molar-refractivity contribution in [3.63, 3.8) is 0 Å². The summed E-state index contributed by atoms with van der Waals surface area (Å²) in [7, 11) is 0. The normalized spacial score (nSPS) is 13.6. The number of carbonyl (C=O) groups excluding carboxylic acids is 2. The van der Waals surface area contributed by atoms with Gasteiger partial charge in [-0.15, -0.1) is 0 Å². The van der Waals surface area contributed by atoms with E-state index in [1.54, 1.807) is 12.2 Å². The highest BCUT2D eigenvalue weighted by atomic mass is 16.3. The first-order valence-corrected chi connectivity index (χ1v) is 13.2. The van der Waals surface area contributed by atoms with E-state index in [4.69, 9.17) is 0 Å². The van der Waals surface area contributed by atoms with Gasteiger partial charge in [0.15, 0.2) is 0 Å². The zero-order chi connectivity index (χ0) is 24.7. The lowest BCUT2D eigenvalue weighted by Gasteiger charge is -2.34. The van der Waals surface area contributed by atoms with E-state index in [1.165, 1.54) is 38.5 Å². The second kappa shape index (κ2) is 22.1. The molecule has 2 unspecified atom stereocenters. The van der Waals surface area contributed by atoms with E-state index in [1.807, 2.05) is 12.2 Å². The molecule has 3 N–H and O–H groups in total. The second-order valence-corrected chi connectivity index (χ2v) is 9.01. The maximum atomic E-state index is 12.1. The standard InChI is InChI=1S/C27H51N3O3/c1-5-7-9-11-13-15-18-26(32)28-22-24(3)30(20-17-21-31)25(4)23-29-27(33)19-16-14-12-10-8-6-2/h15-16,18-19,24-25,31H,5-14,17,20-23H2,1-4H3,(H,28,32)(H,29,33)/b18-15+,19-16+. The number of hydrogen-bond acceptors (Lipinski definition) is 4. The van der Waals surface area contributed by atoms with Gasteiger partial charge in [-0.1, -0.05) is 64.5 Å². The summed E-state index contributed by atoms with van der Waals surface area (Å²) in [5.74, 6) is -0.131. The number of amides is 2. The summed E-state index contributed by atoms with van der Waals surface area (Å²) in [6, 6.07) is 0.193. The molecule has 0 bridgehead atoms. The Hall–Kier alpha value is -1.66. The minimum Gasteiger partial charge on any atom is -0.396 e. The van der Waals surface area contributed by atoms with Crippen LogP contribution in [0.25, 0.3) is 0 Å². The molecule has 192 valence electrons. The molecule has 0 saturated carbocycles. The van der Waals surface area contributed by atoms with Crippen molar-refractivity contribution in [3.8, 4) is 0 Å². The number of allylic oxidation sites excluding steroid dienone is 2. The smallest absolute Gasteiger partial charge is 0.243 e. The van der Waals surface area contributed by atoms with Crippen LogP contribution < -0.4 is 10.6 Å². The first kappa shape index (κ1) is 31.3. The van der Waals surface area contributed by atoms with Gasteiger partial charge in [-0.25, -0.2) is 0 Å². The van der Waals surface area contributed by atoms with E-state index in [2.05, 4.69) is 43.2 Å². The predicted octanol–water partition coefficient (Wildman–Crippen LogP) is 4.73. The molecule has 6 heteroatoms. The lowest BCUT2D eigenvalue weighted by molar-refractivity contribution is -0.117. The van der Waals surface area contributed by atoms with Crippen molar-refractivity contribution >= 4 is 11.8 Å². The molecule has 0 aliphatic rings. The fraction of sp³-hybridized carbons (Fsp3) is 0.778. The van der Waals surface area contributed by atoms with Crippen LogP contribution in [0.4, 0.5) is 0 Å². The third-order valence-electron chi connectivity index (χ3n) is 5.84. The summed E-state index contributed by atoms with van der Waals surface area (Å²) < 4.78 is 0. The molecule has 2 amide bonds. The third-order valence-corrected chi connectivity index (χ3v) is 5.84. The van der Waals surface area contributed by atoms with Gasteiger partial charge in [-0.3, -0.25) is 14.5 Å². The molecule has 0 aliphatic heterocycles. The largest absolute Gasteiger partial charge is 0.396 e. The Morgan fingerprint density at radius 3 is 1.61 bits per heavy atom. The van der Waals surface area contributed by atoms with Crippen LogP contribution in [0.15, 0.2) is 24.3 Å². The van der Waals surface area contributed by atoms with E-state index >= 15 is 0 Å². The summed E-state index contributed by atoms with van der Waals surface area (Å²) >= 11 is 0. The third kappa shape index (κ3) is 18.5. The Morgan fingerprint density at radius 1 is 0.758 bits per heavy atom. The summed E-state index contributed by atoms with van der Waals surface area (Å²) in [5, 5.41) is 15.2. The monoisotopic (exact) mass is 465 g/mol. The molecule has 6 nitrogen and oxygen atoms in total. The molecule has 0 saturated heterocycles. The van der Waals surface area contributed by atoms with Crippen LogP contribution in [0.3, 0.4) is 0 Å². The number of aliphatic hydroxyl groups is 1. The molecular weight excluding hydrogens is 414 g/mol. The molecular formula is C27H51N3O3. The molecule has 0 radical (unpaired) electrons. The van der Waals surface area contributed by atoms with Gasteiger partial charge in [0.2, 0.25) is 11.8 Å². The highest BCUT2D eigenvalue weighted by molar-refractivity contribution is 5.87. The van der Waals surface area contributed by atoms with Crippen molar-refractivity contribution in [1.82, 2.24) is 15.5 Å². The summed E-state index contributed by atoms with van der Waals surface area (Å²) in [6.07, 6.45) is 19.3. The molecule has 33 heavy (non-hydrogen) atoms. The molecule has 0 fully saturated rings. The first-order valence-electron chi connectivity index (χ1n) is 13.2. The van der Waals surface area contributed by atoms with Gasteiger partial charge in [0.05, 0.1) is 0 Å². The summed E-state index contributed by atoms with van der Waals surface area (Å²) in [4.78, 5) is 26.5. The maximum Gasteiger partial charge on any atom is 0.243 e. The van der Waals surface area contributed by atoms with Crippen LogP contribution >= 0.6 is 0 Å². The predicted molar refractivity (Wildman–Crippen MR) is 139 cm³/mol. The number of unbranched alkanes of at least 4 members (excludes halogenated alkanes) is 8. The van der Waals surface area contributed by atoms with E-state index in [-0.39, 0.29) is 30.5 Å². The van der Waals surface area contributed by atoms with Gasteiger partial charge < -0.3 is 15.7 Å². The fourth-order valence-electron chi connectivity index (χ4n) is 3.74. The Morgan fingerprint density at radius 2 is 1.21 bits per heavy atom. The van der Waals surface area contributed by atoms with Crippen molar-refractivity contribution in [3.05, 3.63) is 24.3 Å². The van der Waals surface area contributed by atoms with Crippen molar-refractivity contribution in [2.24, 2.45) is 0 Å². The molecule has 0 aromatic carbocycles. The molecule has 0 aliphatic carbocycles. The summed E-state index contributed by atoms with van der Waals surface area (Å²) in [5.41, 5.74) is 0. The Labute approximate surface area is 203 Å². The van der Waals surface area contributed by atoms with E-state index in [9.17, 15) is 14.7 Å². The second-order valence-electron chi connectivity index (χ2n) is 9.01. The van der Waals surface area contributed by atoms with Crippen molar-refractivity contribution < 1.29 is 14.7 Å². The van der Waals surface area contributed by atoms with Gasteiger partial charge in [-0.2, -0.15) is 0 Å². The summed E-state index contributed by atoms with van der Waals surface area (Å²) in [6.45, 7) is 10.4. The zero-order valence-corrected chi connectivity index (χ0v) is 21.8. The quantitative estimate of drug-likeness (QED) is 0.169. The molecule has 0 aromatic rings. The lowest BCUT2D eigenvalue weighted by Crippen LogP contribution is -2.50. The fourth-order valence-corrected chi connectivity index (χ4v) is 3.74. The van der Waals surface area contributed by atoms with Gasteiger partial charge >= 0.3 is 0 Å². The van der Waals surface area contributed by atoms with Crippen LogP contribution in [-0.4, -0.2) is 60.1 Å². The number of nitrogens with one attached hydrogen (secondary N) is 2. The number of hydrogen-bond donors (Lipinski definition) is 3. The van der Waals surface area contributed by atoms with E-state index in [0.717, 1.165) is 25.7 Å². The Bertz CT molecular complexity index is 505. The van der Waals surface area contributed by atoms with Gasteiger partial charge in [0, 0.05) is 38.3 Å². The minimum absolute atomic E-state index is 0.0653. The SMILES string of the molecule is CCCCCC/C=C/C(=O)NCC(C)N(CCCO)C(C)CNC(=O)/C=C/CCCCCC. The zero-order valence-electron chi connectivity index (χ0n) is 21.8. The van der Waals surface area contributed by atoms with E-state index in [0.29, 0.717) is 26.1 Å². The molecule has 0 aromatic heterocycles.